The van der Waals surface area contributed by atoms with Gasteiger partial charge in [0, 0.05) is 12.2 Å². The lowest BCUT2D eigenvalue weighted by atomic mass is 9.84. The first-order valence-electron chi connectivity index (χ1n) is 6.89. The molecule has 0 spiro atoms. The van der Waals surface area contributed by atoms with Crippen molar-refractivity contribution in [3.8, 4) is 5.75 Å². The Morgan fingerprint density at radius 2 is 1.90 bits per heavy atom. The Hall–Kier alpha value is -1.55. The van der Waals surface area contributed by atoms with Crippen LogP contribution < -0.4 is 0 Å². The summed E-state index contributed by atoms with van der Waals surface area (Å²) in [7, 11) is 0. The molecule has 0 unspecified atom stereocenters. The number of hydrogen-bond donors (Lipinski definition) is 2. The molecule has 0 aliphatic rings. The maximum atomic E-state index is 12.0. The first kappa shape index (κ1) is 16.5. The lowest BCUT2D eigenvalue weighted by molar-refractivity contribution is 0.0492. The van der Waals surface area contributed by atoms with Crippen LogP contribution in [0.25, 0.3) is 0 Å². The Bertz CT molecular complexity index is 472. The van der Waals surface area contributed by atoms with E-state index in [-0.39, 0.29) is 17.8 Å². The van der Waals surface area contributed by atoms with E-state index in [2.05, 4.69) is 0 Å². The van der Waals surface area contributed by atoms with Crippen LogP contribution >= 0.6 is 0 Å². The van der Waals surface area contributed by atoms with Crippen molar-refractivity contribution in [1.29, 1.82) is 0 Å². The summed E-state index contributed by atoms with van der Waals surface area (Å²) in [6.45, 7) is 8.12. The van der Waals surface area contributed by atoms with Crippen LogP contribution in [0.4, 0.5) is 0 Å². The zero-order valence-corrected chi connectivity index (χ0v) is 12.7. The summed E-state index contributed by atoms with van der Waals surface area (Å²) in [5.41, 5.74) is 1.61. The minimum Gasteiger partial charge on any atom is -0.507 e. The Kier molecular flexibility index (Phi) is 5.57. The second-order valence-corrected chi connectivity index (χ2v) is 6.01. The number of ether oxygens (including phenoxy) is 1. The second kappa shape index (κ2) is 6.75. The Labute approximate surface area is 120 Å². The maximum Gasteiger partial charge on any atom is 0.338 e. The van der Waals surface area contributed by atoms with Crippen molar-refractivity contribution < 1.29 is 19.7 Å². The number of aliphatic hydroxyl groups is 1. The van der Waals surface area contributed by atoms with Gasteiger partial charge >= 0.3 is 5.97 Å². The van der Waals surface area contributed by atoms with Gasteiger partial charge in [-0.2, -0.15) is 0 Å². The summed E-state index contributed by atoms with van der Waals surface area (Å²) in [5, 5.41) is 18.8. The van der Waals surface area contributed by atoms with Crippen LogP contribution in [-0.2, 0) is 10.2 Å². The van der Waals surface area contributed by atoms with Crippen LogP contribution in [0.5, 0.6) is 5.75 Å². The standard InChI is InChI=1S/C16H24O4/c1-11-9-12(15(19)20-8-6-5-7-17)10-13(14(11)18)16(2,3)4/h9-10,17-18H,5-8H2,1-4H3. The summed E-state index contributed by atoms with van der Waals surface area (Å²) in [6, 6.07) is 3.33. The molecule has 1 aromatic carbocycles. The van der Waals surface area contributed by atoms with Crippen molar-refractivity contribution in [3.63, 3.8) is 0 Å². The van der Waals surface area contributed by atoms with Crippen LogP contribution in [0.15, 0.2) is 12.1 Å². The average molecular weight is 280 g/mol. The van der Waals surface area contributed by atoms with Crippen molar-refractivity contribution in [2.75, 3.05) is 13.2 Å². The first-order valence-corrected chi connectivity index (χ1v) is 6.89. The number of hydrogen-bond acceptors (Lipinski definition) is 4. The molecular weight excluding hydrogens is 256 g/mol. The number of aliphatic hydroxyl groups excluding tert-OH is 1. The van der Waals surface area contributed by atoms with Crippen LogP contribution in [0.2, 0.25) is 0 Å². The number of benzene rings is 1. The molecule has 0 radical (unpaired) electrons. The monoisotopic (exact) mass is 280 g/mol. The Morgan fingerprint density at radius 1 is 1.25 bits per heavy atom. The number of aromatic hydroxyl groups is 1. The third kappa shape index (κ3) is 4.23. The van der Waals surface area contributed by atoms with Crippen LogP contribution in [0.3, 0.4) is 0 Å². The third-order valence-electron chi connectivity index (χ3n) is 3.13. The molecule has 0 aliphatic heterocycles. The van der Waals surface area contributed by atoms with Crippen molar-refractivity contribution in [2.45, 2.75) is 46.0 Å². The summed E-state index contributed by atoms with van der Waals surface area (Å²) >= 11 is 0. The highest BCUT2D eigenvalue weighted by Crippen LogP contribution is 2.34. The molecule has 0 heterocycles. The molecule has 4 heteroatoms. The van der Waals surface area contributed by atoms with Gasteiger partial charge in [0.25, 0.3) is 0 Å². The largest absolute Gasteiger partial charge is 0.507 e. The molecule has 1 rings (SSSR count). The molecule has 0 saturated carbocycles. The minimum atomic E-state index is -0.392. The van der Waals surface area contributed by atoms with Gasteiger partial charge in [0.1, 0.15) is 5.75 Å². The van der Waals surface area contributed by atoms with Crippen molar-refractivity contribution in [1.82, 2.24) is 0 Å². The molecule has 1 aromatic rings. The molecule has 0 bridgehead atoms. The number of aryl methyl sites for hydroxylation is 1. The zero-order chi connectivity index (χ0) is 15.3. The fourth-order valence-electron chi connectivity index (χ4n) is 1.93. The van der Waals surface area contributed by atoms with Crippen LogP contribution in [-0.4, -0.2) is 29.4 Å². The smallest absolute Gasteiger partial charge is 0.338 e. The van der Waals surface area contributed by atoms with E-state index in [1.807, 2.05) is 20.8 Å². The van der Waals surface area contributed by atoms with Gasteiger partial charge in [0.15, 0.2) is 0 Å². The summed E-state index contributed by atoms with van der Waals surface area (Å²) in [6.07, 6.45) is 1.26. The SMILES string of the molecule is Cc1cc(C(=O)OCCCCO)cc(C(C)(C)C)c1O. The second-order valence-electron chi connectivity index (χ2n) is 6.01. The highest BCUT2D eigenvalue weighted by molar-refractivity contribution is 5.90. The van der Waals surface area contributed by atoms with E-state index in [1.165, 1.54) is 0 Å². The number of carbonyl (C=O) groups is 1. The van der Waals surface area contributed by atoms with E-state index in [9.17, 15) is 9.90 Å². The van der Waals surface area contributed by atoms with Gasteiger partial charge in [0.2, 0.25) is 0 Å². The van der Waals surface area contributed by atoms with Gasteiger partial charge in [0.05, 0.1) is 12.2 Å². The van der Waals surface area contributed by atoms with E-state index in [1.54, 1.807) is 19.1 Å². The van der Waals surface area contributed by atoms with Gasteiger partial charge in [-0.3, -0.25) is 0 Å². The molecule has 112 valence electrons. The van der Waals surface area contributed by atoms with Gasteiger partial charge in [-0.05, 0) is 42.9 Å². The predicted octanol–water partition coefficient (Wildman–Crippen LogP) is 2.93. The fourth-order valence-corrected chi connectivity index (χ4v) is 1.93. The topological polar surface area (TPSA) is 66.8 Å². The fraction of sp³-hybridized carbons (Fsp3) is 0.562. The highest BCUT2D eigenvalue weighted by atomic mass is 16.5. The quantitative estimate of drug-likeness (QED) is 0.643. The molecule has 0 amide bonds. The number of phenolic OH excluding ortho intramolecular Hbond substituents is 1. The van der Waals surface area contributed by atoms with Gasteiger partial charge in [-0.15, -0.1) is 0 Å². The third-order valence-corrected chi connectivity index (χ3v) is 3.13. The molecule has 0 aromatic heterocycles. The van der Waals surface area contributed by atoms with Gasteiger partial charge < -0.3 is 14.9 Å². The van der Waals surface area contributed by atoms with E-state index in [4.69, 9.17) is 9.84 Å². The summed E-state index contributed by atoms with van der Waals surface area (Å²) in [4.78, 5) is 12.0. The number of esters is 1. The lowest BCUT2D eigenvalue weighted by Gasteiger charge is -2.22. The molecule has 0 aliphatic carbocycles. The van der Waals surface area contributed by atoms with Crippen molar-refractivity contribution >= 4 is 5.97 Å². The highest BCUT2D eigenvalue weighted by Gasteiger charge is 2.22. The number of phenols is 1. The Morgan fingerprint density at radius 3 is 2.45 bits per heavy atom. The van der Waals surface area contributed by atoms with E-state index in [0.717, 1.165) is 5.56 Å². The van der Waals surface area contributed by atoms with E-state index >= 15 is 0 Å². The molecule has 2 N–H and O–H groups in total. The van der Waals surface area contributed by atoms with Gasteiger partial charge in [-0.25, -0.2) is 4.79 Å². The van der Waals surface area contributed by atoms with Crippen LogP contribution in [0, 0.1) is 6.92 Å². The van der Waals surface area contributed by atoms with E-state index < -0.39 is 5.97 Å². The molecule has 0 atom stereocenters. The normalized spacial score (nSPS) is 11.4. The lowest BCUT2D eigenvalue weighted by Crippen LogP contribution is -2.14. The molecule has 0 fully saturated rings. The Balaban J connectivity index is 2.91. The molecule has 20 heavy (non-hydrogen) atoms. The molecular formula is C16H24O4. The average Bonchev–Trinajstić information content (AvgIpc) is 2.36. The first-order chi connectivity index (χ1) is 9.27. The number of carbonyl (C=O) groups excluding carboxylic acids is 1. The molecule has 0 saturated heterocycles. The molecule has 4 nitrogen and oxygen atoms in total. The van der Waals surface area contributed by atoms with Crippen molar-refractivity contribution in [3.05, 3.63) is 28.8 Å². The predicted molar refractivity (Wildman–Crippen MR) is 78.1 cm³/mol. The van der Waals surface area contributed by atoms with Crippen LogP contribution in [0.1, 0.15) is 55.1 Å². The summed E-state index contributed by atoms with van der Waals surface area (Å²) < 4.78 is 5.16. The summed E-state index contributed by atoms with van der Waals surface area (Å²) in [5.74, 6) is -0.161. The minimum absolute atomic E-state index is 0.101. The number of rotatable bonds is 5. The van der Waals surface area contributed by atoms with E-state index in [0.29, 0.717) is 30.6 Å². The zero-order valence-electron chi connectivity index (χ0n) is 12.7. The van der Waals surface area contributed by atoms with Crippen molar-refractivity contribution in [2.24, 2.45) is 0 Å². The number of unbranched alkanes of at least 4 members (excludes halogenated alkanes) is 1. The van der Waals surface area contributed by atoms with Gasteiger partial charge in [-0.1, -0.05) is 20.8 Å². The maximum absolute atomic E-state index is 12.0.